The van der Waals surface area contributed by atoms with Gasteiger partial charge in [0.15, 0.2) is 5.82 Å². The van der Waals surface area contributed by atoms with Crippen molar-refractivity contribution in [2.45, 2.75) is 38.8 Å². The number of anilines is 2. The molecule has 3 aliphatic heterocycles. The van der Waals surface area contributed by atoms with Crippen molar-refractivity contribution in [3.8, 4) is 28.7 Å². The van der Waals surface area contributed by atoms with Crippen LogP contribution < -0.4 is 10.2 Å². The Morgan fingerprint density at radius 2 is 1.82 bits per heavy atom. The minimum atomic E-state index is -1.24. The molecule has 6 heterocycles. The van der Waals surface area contributed by atoms with Crippen molar-refractivity contribution in [2.24, 2.45) is 5.41 Å². The number of amides is 2. The van der Waals surface area contributed by atoms with E-state index in [0.717, 1.165) is 57.6 Å². The smallest absolute Gasteiger partial charge is 0.246 e. The Labute approximate surface area is 283 Å². The lowest BCUT2D eigenvalue weighted by molar-refractivity contribution is -0.133. The van der Waals surface area contributed by atoms with Gasteiger partial charge in [-0.05, 0) is 86.8 Å². The van der Waals surface area contributed by atoms with Gasteiger partial charge in [0.2, 0.25) is 11.8 Å². The van der Waals surface area contributed by atoms with Gasteiger partial charge < -0.3 is 15.1 Å². The van der Waals surface area contributed by atoms with Crippen LogP contribution in [0.25, 0.3) is 33.5 Å². The van der Waals surface area contributed by atoms with E-state index >= 15 is 0 Å². The number of fused-ring (bicyclic) bond motifs is 3. The summed E-state index contributed by atoms with van der Waals surface area (Å²) in [7, 11) is 0. The summed E-state index contributed by atoms with van der Waals surface area (Å²) in [6, 6.07) is 20.4. The molecule has 0 spiro atoms. The number of aromatic nitrogens is 5. The molecule has 3 aromatic heterocycles. The first-order valence-corrected chi connectivity index (χ1v) is 16.6. The van der Waals surface area contributed by atoms with Gasteiger partial charge in [0.25, 0.3) is 0 Å². The van der Waals surface area contributed by atoms with Gasteiger partial charge in [-0.15, -0.1) is 0 Å². The number of nitriles is 1. The summed E-state index contributed by atoms with van der Waals surface area (Å²) in [5.41, 5.74) is 5.90. The number of hydrogen-bond acceptors (Lipinski definition) is 9. The zero-order valence-corrected chi connectivity index (χ0v) is 27.4. The Kier molecular flexibility index (Phi) is 7.56. The molecular weight excluding hydrogens is 616 g/mol. The van der Waals surface area contributed by atoms with Crippen LogP contribution in [0.3, 0.4) is 0 Å². The third-order valence-corrected chi connectivity index (χ3v) is 10.1. The number of carbonyl (C=O) groups is 2. The summed E-state index contributed by atoms with van der Waals surface area (Å²) in [5.74, 6) is 0.403. The number of carbonyl (C=O) groups excluding carboxylic acids is 2. The molecule has 246 valence electrons. The maximum atomic E-state index is 13.6. The third kappa shape index (κ3) is 5.66. The average molecular weight is 653 g/mol. The van der Waals surface area contributed by atoms with Crippen molar-refractivity contribution >= 4 is 34.1 Å². The molecule has 3 saturated heterocycles. The van der Waals surface area contributed by atoms with Crippen molar-refractivity contribution in [3.63, 3.8) is 0 Å². The van der Waals surface area contributed by atoms with Gasteiger partial charge in [-0.1, -0.05) is 0 Å². The molecule has 12 nitrogen and oxygen atoms in total. The SMILES string of the molecule is Cc1cnc(-c2ccc(N3C[C@@H]4C[C@@H]3CN4C(=O)CN3CCC(C#N)(C(=O)Nc4ccc5[nH]nc(-c6ccnc(C)c6)c5c4)C3)cc2)nc1. The second-order valence-corrected chi connectivity index (χ2v) is 13.5. The predicted molar refractivity (Wildman–Crippen MR) is 185 cm³/mol. The van der Waals surface area contributed by atoms with Gasteiger partial charge in [0.1, 0.15) is 11.1 Å². The largest absolute Gasteiger partial charge is 0.365 e. The van der Waals surface area contributed by atoms with E-state index in [1.54, 1.807) is 12.3 Å². The quantitative estimate of drug-likeness (QED) is 0.262. The number of likely N-dealkylation sites (tertiary alicyclic amines) is 2. The molecule has 2 aromatic carbocycles. The molecule has 3 atom stereocenters. The monoisotopic (exact) mass is 652 g/mol. The summed E-state index contributed by atoms with van der Waals surface area (Å²) >= 11 is 0. The molecule has 3 fully saturated rings. The molecule has 0 radical (unpaired) electrons. The first kappa shape index (κ1) is 30.7. The Hall–Kier alpha value is -5.67. The van der Waals surface area contributed by atoms with Crippen molar-refractivity contribution in [1.29, 1.82) is 5.26 Å². The van der Waals surface area contributed by atoms with Crippen LogP contribution in [0.5, 0.6) is 0 Å². The molecule has 0 aliphatic carbocycles. The maximum Gasteiger partial charge on any atom is 0.246 e. The number of nitrogens with zero attached hydrogens (tertiary/aromatic N) is 8. The molecule has 0 saturated carbocycles. The zero-order valence-electron chi connectivity index (χ0n) is 27.4. The minimum Gasteiger partial charge on any atom is -0.365 e. The van der Waals surface area contributed by atoms with E-state index in [4.69, 9.17) is 0 Å². The second-order valence-electron chi connectivity index (χ2n) is 13.5. The fourth-order valence-corrected chi connectivity index (χ4v) is 7.52. The topological polar surface area (TPSA) is 147 Å². The van der Waals surface area contributed by atoms with E-state index < -0.39 is 5.41 Å². The van der Waals surface area contributed by atoms with Crippen molar-refractivity contribution in [2.75, 3.05) is 42.9 Å². The standard InChI is InChI=1S/C37H36N10O2/c1-23-16-40-35(41-17-23)25-3-6-28(7-4-25)46-18-30-15-29(46)19-47(30)33(48)20-45-12-10-37(21-38,22-45)36(49)42-27-5-8-32-31(14-27)34(44-43-32)26-9-11-39-24(2)13-26/h3-9,11,13-14,16-17,29-30H,10,12,15,18-20,22H2,1-2H3,(H,42,49)(H,43,44)/t29-,30+,37?/m1/s1. The van der Waals surface area contributed by atoms with Crippen LogP contribution in [0, 0.1) is 30.6 Å². The highest BCUT2D eigenvalue weighted by Gasteiger charge is 2.48. The fraction of sp³-hybridized carbons (Fsp3) is 0.324. The summed E-state index contributed by atoms with van der Waals surface area (Å²) in [6.45, 7) is 6.26. The molecule has 8 rings (SSSR count). The second kappa shape index (κ2) is 12.1. The van der Waals surface area contributed by atoms with E-state index in [-0.39, 0.29) is 37.0 Å². The van der Waals surface area contributed by atoms with Gasteiger partial charge in [-0.25, -0.2) is 9.97 Å². The number of benzene rings is 2. The highest BCUT2D eigenvalue weighted by atomic mass is 16.2. The molecule has 2 amide bonds. The maximum absolute atomic E-state index is 13.6. The van der Waals surface area contributed by atoms with Crippen LogP contribution in [-0.2, 0) is 9.59 Å². The van der Waals surface area contributed by atoms with E-state index in [1.165, 1.54) is 0 Å². The van der Waals surface area contributed by atoms with E-state index in [0.29, 0.717) is 31.0 Å². The number of piperazine rings is 1. The summed E-state index contributed by atoms with van der Waals surface area (Å²) in [5, 5.41) is 21.6. The van der Waals surface area contributed by atoms with Gasteiger partial charge in [-0.3, -0.25) is 24.6 Å². The Bertz CT molecular complexity index is 2100. The molecule has 1 unspecified atom stereocenters. The highest BCUT2D eigenvalue weighted by molar-refractivity contribution is 6.01. The first-order chi connectivity index (χ1) is 23.8. The Morgan fingerprint density at radius 1 is 1.00 bits per heavy atom. The summed E-state index contributed by atoms with van der Waals surface area (Å²) in [6.07, 6.45) is 6.69. The number of hydrogen-bond donors (Lipinski definition) is 2. The number of rotatable bonds is 7. The zero-order chi connectivity index (χ0) is 33.7. The van der Waals surface area contributed by atoms with E-state index in [2.05, 4.69) is 65.7 Å². The number of aromatic amines is 1. The van der Waals surface area contributed by atoms with Crippen molar-refractivity contribution in [1.82, 2.24) is 34.9 Å². The van der Waals surface area contributed by atoms with Crippen LogP contribution in [-0.4, -0.2) is 91.6 Å². The van der Waals surface area contributed by atoms with Crippen molar-refractivity contribution in [3.05, 3.63) is 84.4 Å². The van der Waals surface area contributed by atoms with Gasteiger partial charge in [0.05, 0.1) is 24.2 Å². The summed E-state index contributed by atoms with van der Waals surface area (Å²) in [4.78, 5) is 46.6. The molecule has 2 N–H and O–H groups in total. The first-order valence-electron chi connectivity index (χ1n) is 16.6. The lowest BCUT2D eigenvalue weighted by Crippen LogP contribution is -2.51. The Balaban J connectivity index is 0.884. The number of nitrogens with one attached hydrogen (secondary N) is 2. The summed E-state index contributed by atoms with van der Waals surface area (Å²) < 4.78 is 0. The molecule has 49 heavy (non-hydrogen) atoms. The van der Waals surface area contributed by atoms with Crippen LogP contribution in [0.1, 0.15) is 24.1 Å². The van der Waals surface area contributed by atoms with Crippen LogP contribution in [0.2, 0.25) is 0 Å². The van der Waals surface area contributed by atoms with E-state index in [1.807, 2.05) is 60.3 Å². The van der Waals surface area contributed by atoms with Crippen LogP contribution in [0.4, 0.5) is 11.4 Å². The molecular formula is C37H36N10O2. The molecule has 12 heteroatoms. The van der Waals surface area contributed by atoms with Crippen LogP contribution >= 0.6 is 0 Å². The minimum absolute atomic E-state index is 0.0532. The van der Waals surface area contributed by atoms with Crippen molar-refractivity contribution < 1.29 is 9.59 Å². The average Bonchev–Trinajstić information content (AvgIpc) is 3.92. The molecule has 2 bridgehead atoms. The van der Waals surface area contributed by atoms with Crippen LogP contribution in [0.15, 0.2) is 73.2 Å². The normalized spacial score (nSPS) is 21.7. The fourth-order valence-electron chi connectivity index (χ4n) is 7.52. The third-order valence-electron chi connectivity index (χ3n) is 10.1. The molecule has 3 aliphatic rings. The highest BCUT2D eigenvalue weighted by Crippen LogP contribution is 2.37. The van der Waals surface area contributed by atoms with Gasteiger partial charge >= 0.3 is 0 Å². The van der Waals surface area contributed by atoms with E-state index in [9.17, 15) is 14.9 Å². The lowest BCUT2D eigenvalue weighted by atomic mass is 9.88. The van der Waals surface area contributed by atoms with Gasteiger partial charge in [-0.2, -0.15) is 10.4 Å². The Morgan fingerprint density at radius 3 is 2.55 bits per heavy atom. The predicted octanol–water partition coefficient (Wildman–Crippen LogP) is 4.34. The number of H-pyrrole nitrogens is 1. The number of aryl methyl sites for hydroxylation is 2. The lowest BCUT2D eigenvalue weighted by Gasteiger charge is -2.36. The number of pyridine rings is 1. The molecule has 5 aromatic rings. The van der Waals surface area contributed by atoms with Gasteiger partial charge in [0, 0.05) is 84.4 Å².